The minimum atomic E-state index is -1.03. The second-order valence-electron chi connectivity index (χ2n) is 7.13. The Hall–Kier alpha value is -3.52. The summed E-state index contributed by atoms with van der Waals surface area (Å²) in [5, 5.41) is 22.5. The Kier molecular flexibility index (Phi) is 5.74. The number of carbonyl (C=O) groups excluding carboxylic acids is 2. The minimum Gasteiger partial charge on any atom is -0.507 e. The Morgan fingerprint density at radius 3 is 2.34 bits per heavy atom. The van der Waals surface area contributed by atoms with Gasteiger partial charge in [0.2, 0.25) is 0 Å². The number of carbonyl (C=O) groups is 2. The van der Waals surface area contributed by atoms with Gasteiger partial charge in [0.25, 0.3) is 17.4 Å². The van der Waals surface area contributed by atoms with E-state index in [0.717, 1.165) is 4.90 Å². The first-order valence-corrected chi connectivity index (χ1v) is 9.19. The third kappa shape index (κ3) is 3.88. The number of ketones is 1. The topological polar surface area (TPSA) is 105 Å². The molecule has 3 rings (SSSR count). The molecule has 1 heterocycles. The molecule has 0 unspecified atom stereocenters. The van der Waals surface area contributed by atoms with Crippen LogP contribution < -0.4 is 4.90 Å². The quantitative estimate of drug-likeness (QED) is 0.251. The molecule has 0 spiro atoms. The van der Waals surface area contributed by atoms with E-state index in [2.05, 4.69) is 0 Å². The summed E-state index contributed by atoms with van der Waals surface area (Å²) in [5.74, 6) is -1.96. The van der Waals surface area contributed by atoms with Crippen LogP contribution in [0.3, 0.4) is 0 Å². The fourth-order valence-corrected chi connectivity index (χ4v) is 3.41. The predicted octanol–water partition coefficient (Wildman–Crippen LogP) is 1.16. The van der Waals surface area contributed by atoms with Crippen molar-refractivity contribution in [2.24, 2.45) is 0 Å². The van der Waals surface area contributed by atoms with Crippen molar-refractivity contribution in [1.29, 1.82) is 0 Å². The number of aliphatic hydroxyl groups is 1. The van der Waals surface area contributed by atoms with Crippen molar-refractivity contribution in [1.82, 2.24) is 4.90 Å². The molecule has 150 valence electrons. The molecule has 8 nitrogen and oxygen atoms in total. The predicted molar refractivity (Wildman–Crippen MR) is 106 cm³/mol. The number of hydrogen-bond acceptors (Lipinski definition) is 5. The molecule has 0 bridgehead atoms. The largest absolute Gasteiger partial charge is 0.507 e. The molecule has 1 fully saturated rings. The zero-order valence-corrected chi connectivity index (χ0v) is 16.2. The average molecular weight is 396 g/mol. The van der Waals surface area contributed by atoms with Gasteiger partial charge in [0.05, 0.1) is 49.3 Å². The molecule has 2 aromatic carbocycles. The summed E-state index contributed by atoms with van der Waals surface area (Å²) in [6, 6.07) is 13.3. The van der Waals surface area contributed by atoms with Crippen LogP contribution in [0.15, 0.2) is 60.2 Å². The first-order chi connectivity index (χ1) is 13.8. The van der Waals surface area contributed by atoms with E-state index in [1.807, 2.05) is 14.1 Å². The van der Waals surface area contributed by atoms with Gasteiger partial charge in [-0.25, -0.2) is 0 Å². The third-order valence-electron chi connectivity index (χ3n) is 4.87. The Labute approximate surface area is 167 Å². The number of likely N-dealkylation sites (N-methyl/N-ethyl adjacent to an activating group) is 1. The Morgan fingerprint density at radius 2 is 1.72 bits per heavy atom. The molecule has 8 heteroatoms. The van der Waals surface area contributed by atoms with Gasteiger partial charge in [-0.05, 0) is 6.07 Å². The van der Waals surface area contributed by atoms with Gasteiger partial charge in [0.1, 0.15) is 5.76 Å². The highest BCUT2D eigenvalue weighted by molar-refractivity contribution is 6.46. The van der Waals surface area contributed by atoms with Crippen LogP contribution in [0.5, 0.6) is 0 Å². The van der Waals surface area contributed by atoms with Crippen molar-refractivity contribution in [2.75, 3.05) is 27.2 Å². The first-order valence-electron chi connectivity index (χ1n) is 9.19. The van der Waals surface area contributed by atoms with E-state index in [-0.39, 0.29) is 29.1 Å². The molecule has 2 aromatic rings. The fourth-order valence-electron chi connectivity index (χ4n) is 3.41. The highest BCUT2D eigenvalue weighted by Crippen LogP contribution is 2.42. The molecule has 0 aliphatic carbocycles. The standard InChI is InChI=1S/C21H21N3O5/c1-22(2)12-13-23-18(15-10-6-7-11-16(15)24(28)29)17(20(26)21(23)27)19(25)14-8-4-3-5-9-14/h3-11,18,25H,12-13H2,1-2H3/p+1/t18-/m1/s1. The van der Waals surface area contributed by atoms with E-state index in [9.17, 15) is 24.8 Å². The SMILES string of the molecule is C[NH+](C)CCN1C(=O)C(=O)C(=C(O)c2ccccc2)[C@H]1c1ccccc1[N+](=O)[O-]. The zero-order chi connectivity index (χ0) is 21.1. The molecule has 1 aliphatic heterocycles. The fraction of sp³-hybridized carbons (Fsp3) is 0.238. The minimum absolute atomic E-state index is 0.135. The summed E-state index contributed by atoms with van der Waals surface area (Å²) in [7, 11) is 3.81. The van der Waals surface area contributed by atoms with E-state index in [0.29, 0.717) is 12.1 Å². The number of nitro benzene ring substituents is 1. The van der Waals surface area contributed by atoms with Crippen LogP contribution in [-0.4, -0.2) is 53.8 Å². The number of benzene rings is 2. The molecule has 1 amide bonds. The number of para-hydroxylation sites is 1. The van der Waals surface area contributed by atoms with Crippen molar-refractivity contribution in [2.45, 2.75) is 6.04 Å². The van der Waals surface area contributed by atoms with Crippen LogP contribution in [0.25, 0.3) is 5.76 Å². The summed E-state index contributed by atoms with van der Waals surface area (Å²) >= 11 is 0. The van der Waals surface area contributed by atoms with Gasteiger partial charge in [0, 0.05) is 11.6 Å². The van der Waals surface area contributed by atoms with Crippen molar-refractivity contribution >= 4 is 23.1 Å². The van der Waals surface area contributed by atoms with Crippen LogP contribution in [-0.2, 0) is 9.59 Å². The molecule has 0 aromatic heterocycles. The monoisotopic (exact) mass is 396 g/mol. The number of amides is 1. The molecule has 1 atom stereocenters. The van der Waals surface area contributed by atoms with E-state index in [1.54, 1.807) is 36.4 Å². The second kappa shape index (κ2) is 8.24. The lowest BCUT2D eigenvalue weighted by Crippen LogP contribution is -3.06. The van der Waals surface area contributed by atoms with Gasteiger partial charge in [-0.15, -0.1) is 0 Å². The number of nitrogens with one attached hydrogen (secondary N) is 1. The van der Waals surface area contributed by atoms with Gasteiger partial charge in [-0.2, -0.15) is 0 Å². The highest BCUT2D eigenvalue weighted by Gasteiger charge is 2.48. The summed E-state index contributed by atoms with van der Waals surface area (Å²) in [4.78, 5) is 39.0. The third-order valence-corrected chi connectivity index (χ3v) is 4.87. The molecule has 29 heavy (non-hydrogen) atoms. The maximum atomic E-state index is 12.9. The Balaban J connectivity index is 2.22. The van der Waals surface area contributed by atoms with Gasteiger partial charge in [0.15, 0.2) is 0 Å². The van der Waals surface area contributed by atoms with Crippen molar-refractivity contribution in [3.8, 4) is 0 Å². The molecule has 2 N–H and O–H groups in total. The van der Waals surface area contributed by atoms with Crippen LogP contribution >= 0.6 is 0 Å². The summed E-state index contributed by atoms with van der Waals surface area (Å²) < 4.78 is 0. The molecular formula is C21H22N3O5+. The van der Waals surface area contributed by atoms with Gasteiger partial charge >= 0.3 is 0 Å². The summed E-state index contributed by atoms with van der Waals surface area (Å²) in [5.41, 5.74) is 0.222. The van der Waals surface area contributed by atoms with Crippen LogP contribution in [0.4, 0.5) is 5.69 Å². The highest BCUT2D eigenvalue weighted by atomic mass is 16.6. The molecule has 0 saturated carbocycles. The Bertz CT molecular complexity index is 985. The van der Waals surface area contributed by atoms with E-state index in [4.69, 9.17) is 0 Å². The van der Waals surface area contributed by atoms with E-state index in [1.165, 1.54) is 23.1 Å². The first kappa shape index (κ1) is 20.2. The maximum Gasteiger partial charge on any atom is 0.295 e. The number of Topliss-reactive ketones (excluding diaryl/α,β-unsaturated/α-hetero) is 1. The number of hydrogen-bond donors (Lipinski definition) is 2. The summed E-state index contributed by atoms with van der Waals surface area (Å²) in [6.45, 7) is 0.755. The second-order valence-corrected chi connectivity index (χ2v) is 7.13. The van der Waals surface area contributed by atoms with Gasteiger partial charge < -0.3 is 14.9 Å². The van der Waals surface area contributed by atoms with Gasteiger partial charge in [-0.3, -0.25) is 19.7 Å². The van der Waals surface area contributed by atoms with E-state index >= 15 is 0 Å². The lowest BCUT2D eigenvalue weighted by Gasteiger charge is -2.25. The number of nitro groups is 1. The zero-order valence-electron chi connectivity index (χ0n) is 16.2. The number of rotatable bonds is 6. The smallest absolute Gasteiger partial charge is 0.295 e. The number of quaternary nitrogens is 1. The molecule has 1 aliphatic rings. The maximum absolute atomic E-state index is 12.9. The Morgan fingerprint density at radius 1 is 1.10 bits per heavy atom. The molecular weight excluding hydrogens is 374 g/mol. The van der Waals surface area contributed by atoms with Crippen molar-refractivity contribution in [3.63, 3.8) is 0 Å². The molecule has 0 radical (unpaired) electrons. The normalized spacial score (nSPS) is 18.4. The number of nitrogens with zero attached hydrogens (tertiary/aromatic N) is 2. The van der Waals surface area contributed by atoms with Crippen molar-refractivity contribution in [3.05, 3.63) is 81.4 Å². The van der Waals surface area contributed by atoms with Crippen LogP contribution in [0.1, 0.15) is 17.2 Å². The number of likely N-dealkylation sites (tertiary alicyclic amines) is 1. The lowest BCUT2D eigenvalue weighted by atomic mass is 9.94. The number of aliphatic hydroxyl groups excluding tert-OH is 1. The van der Waals surface area contributed by atoms with E-state index < -0.39 is 22.7 Å². The van der Waals surface area contributed by atoms with Crippen LogP contribution in [0, 0.1) is 10.1 Å². The van der Waals surface area contributed by atoms with Gasteiger partial charge in [-0.1, -0.05) is 42.5 Å². The average Bonchev–Trinajstić information content (AvgIpc) is 2.96. The molecule has 1 saturated heterocycles. The van der Waals surface area contributed by atoms with Crippen molar-refractivity contribution < 1.29 is 24.5 Å². The van der Waals surface area contributed by atoms with Crippen LogP contribution in [0.2, 0.25) is 0 Å². The lowest BCUT2D eigenvalue weighted by molar-refractivity contribution is -0.857. The summed E-state index contributed by atoms with van der Waals surface area (Å²) in [6.07, 6.45) is 0.